The average Bonchev–Trinajstić information content (AvgIpc) is 2.48. The number of carbonyl (C=O) groups is 1. The largest absolute Gasteiger partial charge is 0.467 e. The van der Waals surface area contributed by atoms with E-state index in [0.717, 1.165) is 11.3 Å². The van der Waals surface area contributed by atoms with E-state index in [1.165, 1.54) is 13.2 Å². The van der Waals surface area contributed by atoms with Crippen LogP contribution in [0.25, 0.3) is 0 Å². The Labute approximate surface area is 131 Å². The Bertz CT molecular complexity index is 660. The molecule has 21 heavy (non-hydrogen) atoms. The fraction of sp³-hybridized carbons (Fsp3) is 0.188. The number of esters is 1. The van der Waals surface area contributed by atoms with E-state index in [2.05, 4.69) is 21.2 Å². The van der Waals surface area contributed by atoms with Gasteiger partial charge in [0.1, 0.15) is 5.82 Å². The molecule has 0 saturated heterocycles. The smallest absolute Gasteiger partial charge is 0.332 e. The predicted molar refractivity (Wildman–Crippen MR) is 83.7 cm³/mol. The zero-order valence-corrected chi connectivity index (χ0v) is 13.3. The van der Waals surface area contributed by atoms with Gasteiger partial charge in [-0.3, -0.25) is 0 Å². The minimum Gasteiger partial charge on any atom is -0.467 e. The molecule has 0 spiro atoms. The highest BCUT2D eigenvalue weighted by Crippen LogP contribution is 2.26. The summed E-state index contributed by atoms with van der Waals surface area (Å²) in [6.45, 7) is 1.94. The predicted octanol–water partition coefficient (Wildman–Crippen LogP) is 4.22. The van der Waals surface area contributed by atoms with E-state index in [4.69, 9.17) is 4.74 Å². The number of hydrogen-bond acceptors (Lipinski definition) is 3. The van der Waals surface area contributed by atoms with E-state index in [9.17, 15) is 9.18 Å². The summed E-state index contributed by atoms with van der Waals surface area (Å²) < 4.78 is 18.5. The Morgan fingerprint density at radius 1 is 1.29 bits per heavy atom. The molecule has 0 aliphatic heterocycles. The molecular weight excluding hydrogens is 337 g/mol. The summed E-state index contributed by atoms with van der Waals surface area (Å²) in [6.07, 6.45) is 0. The number of rotatable bonds is 4. The van der Waals surface area contributed by atoms with Gasteiger partial charge in [-0.1, -0.05) is 24.3 Å². The maximum atomic E-state index is 13.4. The zero-order valence-electron chi connectivity index (χ0n) is 11.7. The second kappa shape index (κ2) is 6.72. The Morgan fingerprint density at radius 3 is 2.62 bits per heavy atom. The molecule has 5 heteroatoms. The van der Waals surface area contributed by atoms with Crippen LogP contribution < -0.4 is 5.32 Å². The minimum absolute atomic E-state index is 0.306. The molecule has 110 valence electrons. The lowest BCUT2D eigenvalue weighted by atomic mass is 10.1. The van der Waals surface area contributed by atoms with Crippen molar-refractivity contribution in [2.75, 3.05) is 12.4 Å². The summed E-state index contributed by atoms with van der Waals surface area (Å²) in [7, 11) is 1.33. The first kappa shape index (κ1) is 15.5. The van der Waals surface area contributed by atoms with E-state index >= 15 is 0 Å². The molecule has 0 saturated carbocycles. The van der Waals surface area contributed by atoms with Crippen LogP contribution in [0.4, 0.5) is 10.1 Å². The summed E-state index contributed by atoms with van der Waals surface area (Å²) in [5, 5.41) is 3.14. The van der Waals surface area contributed by atoms with E-state index in [1.54, 1.807) is 12.1 Å². The molecule has 0 radical (unpaired) electrons. The van der Waals surface area contributed by atoms with Crippen LogP contribution in [0.15, 0.2) is 46.9 Å². The third-order valence-corrected chi connectivity index (χ3v) is 3.77. The summed E-state index contributed by atoms with van der Waals surface area (Å²) in [4.78, 5) is 12.0. The highest BCUT2D eigenvalue weighted by atomic mass is 79.9. The summed E-state index contributed by atoms with van der Waals surface area (Å²) in [5.74, 6) is -0.810. The lowest BCUT2D eigenvalue weighted by Gasteiger charge is -2.19. The van der Waals surface area contributed by atoms with Gasteiger partial charge in [0, 0.05) is 5.69 Å². The third kappa shape index (κ3) is 3.61. The molecule has 2 aromatic rings. The number of anilines is 1. The fourth-order valence-electron chi connectivity index (χ4n) is 1.98. The van der Waals surface area contributed by atoms with Gasteiger partial charge in [0.05, 0.1) is 11.6 Å². The van der Waals surface area contributed by atoms with Gasteiger partial charge >= 0.3 is 5.97 Å². The van der Waals surface area contributed by atoms with Gasteiger partial charge < -0.3 is 10.1 Å². The molecule has 2 rings (SSSR count). The molecule has 3 nitrogen and oxygen atoms in total. The maximum Gasteiger partial charge on any atom is 0.332 e. The SMILES string of the molecule is COC(=O)C(Nc1ccccc1C)c1ccc(F)c(Br)c1. The Hall–Kier alpha value is -1.88. The highest BCUT2D eigenvalue weighted by Gasteiger charge is 2.22. The first-order valence-electron chi connectivity index (χ1n) is 6.38. The quantitative estimate of drug-likeness (QED) is 0.838. The van der Waals surface area contributed by atoms with Crippen molar-refractivity contribution in [2.24, 2.45) is 0 Å². The second-order valence-corrected chi connectivity index (χ2v) is 5.44. The summed E-state index contributed by atoms with van der Waals surface area (Å²) in [5.41, 5.74) is 2.46. The van der Waals surface area contributed by atoms with E-state index in [-0.39, 0.29) is 5.82 Å². The van der Waals surface area contributed by atoms with Gasteiger partial charge in [0.2, 0.25) is 0 Å². The molecule has 0 aliphatic carbocycles. The van der Waals surface area contributed by atoms with Crippen LogP contribution in [0.2, 0.25) is 0 Å². The van der Waals surface area contributed by atoms with Crippen molar-refractivity contribution in [3.8, 4) is 0 Å². The molecule has 0 amide bonds. The van der Waals surface area contributed by atoms with Crippen LogP contribution in [-0.4, -0.2) is 13.1 Å². The number of hydrogen-bond donors (Lipinski definition) is 1. The fourth-order valence-corrected chi connectivity index (χ4v) is 2.37. The maximum absolute atomic E-state index is 13.4. The molecule has 0 fully saturated rings. The number of para-hydroxylation sites is 1. The Kier molecular flexibility index (Phi) is 4.96. The molecule has 1 N–H and O–H groups in total. The monoisotopic (exact) mass is 351 g/mol. The normalized spacial score (nSPS) is 11.8. The van der Waals surface area contributed by atoms with Gasteiger partial charge in [0.15, 0.2) is 6.04 Å². The number of methoxy groups -OCH3 is 1. The van der Waals surface area contributed by atoms with Gasteiger partial charge in [-0.05, 0) is 52.2 Å². The number of carbonyl (C=O) groups excluding carboxylic acids is 1. The highest BCUT2D eigenvalue weighted by molar-refractivity contribution is 9.10. The number of halogens is 2. The second-order valence-electron chi connectivity index (χ2n) is 4.59. The molecule has 0 aliphatic rings. The van der Waals surface area contributed by atoms with Crippen LogP contribution in [0.1, 0.15) is 17.2 Å². The number of aryl methyl sites for hydroxylation is 1. The van der Waals surface area contributed by atoms with E-state index in [1.807, 2.05) is 31.2 Å². The molecule has 2 aromatic carbocycles. The molecule has 0 heterocycles. The molecule has 0 bridgehead atoms. The number of benzene rings is 2. The van der Waals surface area contributed by atoms with E-state index < -0.39 is 12.0 Å². The molecule has 1 atom stereocenters. The molecular formula is C16H15BrFNO2. The van der Waals surface area contributed by atoms with Crippen LogP contribution in [-0.2, 0) is 9.53 Å². The summed E-state index contributed by atoms with van der Waals surface area (Å²) >= 11 is 3.13. The Morgan fingerprint density at radius 2 is 2.00 bits per heavy atom. The van der Waals surface area contributed by atoms with Crippen LogP contribution in [0.5, 0.6) is 0 Å². The van der Waals surface area contributed by atoms with Crippen molar-refractivity contribution in [1.82, 2.24) is 0 Å². The van der Waals surface area contributed by atoms with Crippen molar-refractivity contribution >= 4 is 27.6 Å². The van der Waals surface area contributed by atoms with Gasteiger partial charge in [0.25, 0.3) is 0 Å². The first-order valence-corrected chi connectivity index (χ1v) is 7.17. The lowest BCUT2D eigenvalue weighted by Crippen LogP contribution is -2.22. The van der Waals surface area contributed by atoms with Crippen LogP contribution in [0.3, 0.4) is 0 Å². The van der Waals surface area contributed by atoms with Gasteiger partial charge in [-0.2, -0.15) is 0 Å². The van der Waals surface area contributed by atoms with Crippen molar-refractivity contribution < 1.29 is 13.9 Å². The summed E-state index contributed by atoms with van der Waals surface area (Å²) in [6, 6.07) is 11.4. The van der Waals surface area contributed by atoms with Crippen LogP contribution >= 0.6 is 15.9 Å². The van der Waals surface area contributed by atoms with Crippen molar-refractivity contribution in [1.29, 1.82) is 0 Å². The lowest BCUT2D eigenvalue weighted by molar-refractivity contribution is -0.141. The van der Waals surface area contributed by atoms with Crippen LogP contribution in [0, 0.1) is 12.7 Å². The van der Waals surface area contributed by atoms with Gasteiger partial charge in [-0.25, -0.2) is 9.18 Å². The topological polar surface area (TPSA) is 38.3 Å². The van der Waals surface area contributed by atoms with Crippen molar-refractivity contribution in [2.45, 2.75) is 13.0 Å². The number of nitrogens with one attached hydrogen (secondary N) is 1. The molecule has 1 unspecified atom stereocenters. The van der Waals surface area contributed by atoms with Gasteiger partial charge in [-0.15, -0.1) is 0 Å². The third-order valence-electron chi connectivity index (χ3n) is 3.16. The standard InChI is InChI=1S/C16H15BrFNO2/c1-10-5-3-4-6-14(10)19-15(16(20)21-2)11-7-8-13(18)12(17)9-11/h3-9,15,19H,1-2H3. The zero-order chi connectivity index (χ0) is 15.4. The number of ether oxygens (including phenoxy) is 1. The first-order chi connectivity index (χ1) is 10.0. The molecule has 0 aromatic heterocycles. The average molecular weight is 352 g/mol. The van der Waals surface area contributed by atoms with Crippen molar-refractivity contribution in [3.63, 3.8) is 0 Å². The van der Waals surface area contributed by atoms with Crippen molar-refractivity contribution in [3.05, 3.63) is 63.9 Å². The minimum atomic E-state index is -0.701. The van der Waals surface area contributed by atoms with E-state index in [0.29, 0.717) is 10.0 Å². The Balaban J connectivity index is 2.37.